The van der Waals surface area contributed by atoms with Gasteiger partial charge in [0, 0.05) is 18.7 Å². The van der Waals surface area contributed by atoms with E-state index >= 15 is 0 Å². The molecule has 1 heterocycles. The van der Waals surface area contributed by atoms with Crippen LogP contribution in [-0.4, -0.2) is 42.1 Å². The Morgan fingerprint density at radius 3 is 2.65 bits per heavy atom. The van der Waals surface area contributed by atoms with Crippen LogP contribution in [0.3, 0.4) is 0 Å². The molecule has 5 nitrogen and oxygen atoms in total. The minimum atomic E-state index is -0.252. The van der Waals surface area contributed by atoms with Crippen molar-refractivity contribution in [2.75, 3.05) is 20.2 Å². The summed E-state index contributed by atoms with van der Waals surface area (Å²) in [5, 5.41) is 8.99. The maximum absolute atomic E-state index is 12.4. The molecule has 0 unspecified atom stereocenters. The van der Waals surface area contributed by atoms with E-state index in [1.165, 1.54) is 7.11 Å². The molecule has 1 aliphatic rings. The average molecular weight is 277 g/mol. The molecule has 0 spiro atoms. The highest BCUT2D eigenvalue weighted by Gasteiger charge is 2.29. The Morgan fingerprint density at radius 2 is 2.05 bits per heavy atom. The van der Waals surface area contributed by atoms with Crippen molar-refractivity contribution in [1.82, 2.24) is 4.90 Å². The number of carbonyl (C=O) groups is 2. The van der Waals surface area contributed by atoms with Crippen molar-refractivity contribution in [2.24, 2.45) is 5.92 Å². The molecule has 5 heteroatoms. The Hall–Kier alpha value is -1.88. The van der Waals surface area contributed by atoms with Gasteiger partial charge in [0.1, 0.15) is 0 Å². The number of piperidine rings is 1. The number of carbonyl (C=O) groups excluding carboxylic acids is 2. The van der Waals surface area contributed by atoms with Crippen molar-refractivity contribution in [1.29, 1.82) is 0 Å². The molecule has 1 amide bonds. The minimum Gasteiger partial charge on any atom is -0.469 e. The predicted molar refractivity (Wildman–Crippen MR) is 73.0 cm³/mol. The highest BCUT2D eigenvalue weighted by molar-refractivity contribution is 5.94. The van der Waals surface area contributed by atoms with Crippen LogP contribution in [0.15, 0.2) is 24.3 Å². The molecule has 1 saturated heterocycles. The quantitative estimate of drug-likeness (QED) is 0.843. The Balaban J connectivity index is 2.05. The largest absolute Gasteiger partial charge is 0.469 e. The van der Waals surface area contributed by atoms with Crippen molar-refractivity contribution in [3.05, 3.63) is 35.4 Å². The number of aliphatic hydroxyl groups excluding tert-OH is 1. The molecule has 0 bridgehead atoms. The molecule has 20 heavy (non-hydrogen) atoms. The molecule has 1 aromatic rings. The number of rotatable bonds is 3. The first-order valence-corrected chi connectivity index (χ1v) is 6.72. The van der Waals surface area contributed by atoms with Crippen LogP contribution in [-0.2, 0) is 16.1 Å². The second-order valence-electron chi connectivity index (χ2n) is 4.97. The molecule has 1 N–H and O–H groups in total. The third-order valence-electron chi connectivity index (χ3n) is 3.63. The fourth-order valence-electron chi connectivity index (χ4n) is 2.46. The summed E-state index contributed by atoms with van der Waals surface area (Å²) in [6.07, 6.45) is 1.57. The van der Waals surface area contributed by atoms with Gasteiger partial charge in [0.2, 0.25) is 0 Å². The lowest BCUT2D eigenvalue weighted by Crippen LogP contribution is -2.42. The van der Waals surface area contributed by atoms with Crippen LogP contribution in [0.2, 0.25) is 0 Å². The van der Waals surface area contributed by atoms with Gasteiger partial charge in [-0.05, 0) is 30.5 Å². The van der Waals surface area contributed by atoms with Crippen molar-refractivity contribution in [2.45, 2.75) is 19.4 Å². The van der Waals surface area contributed by atoms with Crippen LogP contribution >= 0.6 is 0 Å². The average Bonchev–Trinajstić information content (AvgIpc) is 2.53. The number of aliphatic hydroxyl groups is 1. The Labute approximate surface area is 118 Å². The van der Waals surface area contributed by atoms with Crippen molar-refractivity contribution >= 4 is 11.9 Å². The highest BCUT2D eigenvalue weighted by Crippen LogP contribution is 2.20. The summed E-state index contributed by atoms with van der Waals surface area (Å²) in [5.74, 6) is -0.560. The Kier molecular flexibility index (Phi) is 4.74. The SMILES string of the molecule is COC(=O)[C@H]1CCCN(C(=O)c2ccc(CO)cc2)C1. The number of amides is 1. The first-order chi connectivity index (χ1) is 9.65. The minimum absolute atomic E-state index is 0.0391. The van der Waals surface area contributed by atoms with Gasteiger partial charge in [-0.3, -0.25) is 9.59 Å². The summed E-state index contributed by atoms with van der Waals surface area (Å²) in [4.78, 5) is 25.6. The molecule has 108 valence electrons. The molecule has 1 aliphatic heterocycles. The normalized spacial score (nSPS) is 18.7. The van der Waals surface area contributed by atoms with Gasteiger partial charge in [-0.2, -0.15) is 0 Å². The molecule has 2 rings (SSSR count). The van der Waals surface area contributed by atoms with E-state index in [2.05, 4.69) is 0 Å². The van der Waals surface area contributed by atoms with Gasteiger partial charge in [0.25, 0.3) is 5.91 Å². The maximum Gasteiger partial charge on any atom is 0.310 e. The second kappa shape index (κ2) is 6.52. The van der Waals surface area contributed by atoms with E-state index in [4.69, 9.17) is 9.84 Å². The molecule has 0 saturated carbocycles. The van der Waals surface area contributed by atoms with E-state index < -0.39 is 0 Å². The fraction of sp³-hybridized carbons (Fsp3) is 0.467. The zero-order chi connectivity index (χ0) is 14.5. The number of hydrogen-bond donors (Lipinski definition) is 1. The van der Waals surface area contributed by atoms with Crippen molar-refractivity contribution in [3.63, 3.8) is 0 Å². The number of hydrogen-bond acceptors (Lipinski definition) is 4. The van der Waals surface area contributed by atoms with Crippen LogP contribution in [0.5, 0.6) is 0 Å². The summed E-state index contributed by atoms with van der Waals surface area (Å²) in [6.45, 7) is 1.03. The first kappa shape index (κ1) is 14.5. The molecule has 0 aliphatic carbocycles. The fourth-order valence-corrected chi connectivity index (χ4v) is 2.46. The van der Waals surface area contributed by atoms with Gasteiger partial charge in [0.15, 0.2) is 0 Å². The summed E-state index contributed by atoms with van der Waals surface area (Å²) in [5.41, 5.74) is 1.35. The lowest BCUT2D eigenvalue weighted by atomic mass is 9.97. The lowest BCUT2D eigenvalue weighted by molar-refractivity contribution is -0.146. The van der Waals surface area contributed by atoms with E-state index in [9.17, 15) is 9.59 Å². The van der Waals surface area contributed by atoms with Gasteiger partial charge >= 0.3 is 5.97 Å². The number of likely N-dealkylation sites (tertiary alicyclic amines) is 1. The van der Waals surface area contributed by atoms with Crippen LogP contribution in [0, 0.1) is 5.92 Å². The third-order valence-corrected chi connectivity index (χ3v) is 3.63. The van der Waals surface area contributed by atoms with Crippen LogP contribution < -0.4 is 0 Å². The molecule has 1 atom stereocenters. The zero-order valence-electron chi connectivity index (χ0n) is 11.5. The number of nitrogens with zero attached hydrogens (tertiary/aromatic N) is 1. The van der Waals surface area contributed by atoms with E-state index in [1.54, 1.807) is 29.2 Å². The summed E-state index contributed by atoms with van der Waals surface area (Å²) in [6, 6.07) is 6.87. The zero-order valence-corrected chi connectivity index (χ0v) is 11.5. The van der Waals surface area contributed by atoms with Crippen LogP contribution in [0.4, 0.5) is 0 Å². The molecule has 0 radical (unpaired) electrons. The van der Waals surface area contributed by atoms with Gasteiger partial charge in [-0.25, -0.2) is 0 Å². The smallest absolute Gasteiger partial charge is 0.310 e. The van der Waals surface area contributed by atoms with Crippen LogP contribution in [0.25, 0.3) is 0 Å². The van der Waals surface area contributed by atoms with E-state index in [0.29, 0.717) is 18.7 Å². The van der Waals surface area contributed by atoms with Gasteiger partial charge < -0.3 is 14.7 Å². The first-order valence-electron chi connectivity index (χ1n) is 6.72. The van der Waals surface area contributed by atoms with Crippen LogP contribution in [0.1, 0.15) is 28.8 Å². The molecule has 0 aromatic heterocycles. The maximum atomic E-state index is 12.4. The predicted octanol–water partition coefficient (Wildman–Crippen LogP) is 1.20. The number of methoxy groups -OCH3 is 1. The Morgan fingerprint density at radius 1 is 1.35 bits per heavy atom. The third kappa shape index (κ3) is 3.17. The van der Waals surface area contributed by atoms with E-state index in [1.807, 2.05) is 0 Å². The highest BCUT2D eigenvalue weighted by atomic mass is 16.5. The van der Waals surface area contributed by atoms with Crippen molar-refractivity contribution < 1.29 is 19.4 Å². The van der Waals surface area contributed by atoms with Gasteiger partial charge in [-0.15, -0.1) is 0 Å². The Bertz CT molecular complexity index is 483. The standard InChI is InChI=1S/C15H19NO4/c1-20-15(19)13-3-2-8-16(9-13)14(18)12-6-4-11(10-17)5-7-12/h4-7,13,17H,2-3,8-10H2,1H3/t13-/m0/s1. The molecular weight excluding hydrogens is 258 g/mol. The number of benzene rings is 1. The monoisotopic (exact) mass is 277 g/mol. The summed E-state index contributed by atoms with van der Waals surface area (Å²) < 4.78 is 4.75. The number of esters is 1. The molecule has 1 fully saturated rings. The van der Waals surface area contributed by atoms with Gasteiger partial charge in [-0.1, -0.05) is 12.1 Å². The van der Waals surface area contributed by atoms with Gasteiger partial charge in [0.05, 0.1) is 19.6 Å². The van der Waals surface area contributed by atoms with Crippen molar-refractivity contribution in [3.8, 4) is 0 Å². The van der Waals surface area contributed by atoms with E-state index in [0.717, 1.165) is 18.4 Å². The molecule has 1 aromatic carbocycles. The summed E-state index contributed by atoms with van der Waals surface area (Å²) in [7, 11) is 1.37. The number of ether oxygens (including phenoxy) is 1. The topological polar surface area (TPSA) is 66.8 Å². The lowest BCUT2D eigenvalue weighted by Gasteiger charge is -2.31. The van der Waals surface area contributed by atoms with E-state index in [-0.39, 0.29) is 24.4 Å². The molecular formula is C15H19NO4. The second-order valence-corrected chi connectivity index (χ2v) is 4.97. The summed E-state index contributed by atoms with van der Waals surface area (Å²) >= 11 is 0.